The van der Waals surface area contributed by atoms with E-state index in [-0.39, 0.29) is 22.6 Å². The Bertz CT molecular complexity index is 1410. The zero-order valence-corrected chi connectivity index (χ0v) is 18.7. The number of rotatable bonds is 6. The van der Waals surface area contributed by atoms with Gasteiger partial charge in [0.2, 0.25) is 11.9 Å². The molecule has 0 aliphatic heterocycles. The normalized spacial score (nSPS) is 11.1. The zero-order valence-electron chi connectivity index (χ0n) is 17.9. The molecule has 10 heteroatoms. The minimum absolute atomic E-state index is 0.0284. The molecule has 0 unspecified atom stereocenters. The van der Waals surface area contributed by atoms with Gasteiger partial charge in [0.1, 0.15) is 5.69 Å². The number of amides is 1. The molecule has 0 atom stereocenters. The average Bonchev–Trinajstić information content (AvgIpc) is 2.79. The quantitative estimate of drug-likeness (QED) is 0.446. The van der Waals surface area contributed by atoms with E-state index < -0.39 is 15.7 Å². The first-order valence-electron chi connectivity index (χ1n) is 9.91. The lowest BCUT2D eigenvalue weighted by atomic mass is 10.1. The van der Waals surface area contributed by atoms with Crippen molar-refractivity contribution in [1.82, 2.24) is 19.9 Å². The van der Waals surface area contributed by atoms with Gasteiger partial charge in [-0.15, -0.1) is 0 Å². The van der Waals surface area contributed by atoms with Crippen LogP contribution >= 0.6 is 0 Å². The third-order valence-electron chi connectivity index (χ3n) is 4.66. The number of sulfone groups is 1. The number of aryl methyl sites for hydroxylation is 1. The zero-order chi connectivity index (χ0) is 23.4. The van der Waals surface area contributed by atoms with Crippen molar-refractivity contribution >= 4 is 33.3 Å². The number of para-hydroxylation sites is 1. The highest BCUT2D eigenvalue weighted by atomic mass is 32.2. The first kappa shape index (κ1) is 22.0. The van der Waals surface area contributed by atoms with E-state index in [2.05, 4.69) is 30.6 Å². The first-order chi connectivity index (χ1) is 15.8. The van der Waals surface area contributed by atoms with Crippen LogP contribution in [-0.4, -0.2) is 40.5 Å². The monoisotopic (exact) mass is 460 g/mol. The highest BCUT2D eigenvalue weighted by Crippen LogP contribution is 2.20. The summed E-state index contributed by atoms with van der Waals surface area (Å²) in [6, 6.07) is 19.0. The van der Waals surface area contributed by atoms with Crippen LogP contribution in [0.15, 0.2) is 77.8 Å². The van der Waals surface area contributed by atoms with E-state index in [1.807, 2.05) is 30.3 Å². The number of carbonyl (C=O) groups excluding carboxylic acids is 1. The summed E-state index contributed by atoms with van der Waals surface area (Å²) < 4.78 is 23.6. The van der Waals surface area contributed by atoms with Crippen LogP contribution in [0.2, 0.25) is 0 Å². The van der Waals surface area contributed by atoms with Crippen LogP contribution in [0.4, 0.5) is 17.6 Å². The number of hydrogen-bond acceptors (Lipinski definition) is 8. The Hall–Kier alpha value is -4.18. The van der Waals surface area contributed by atoms with E-state index in [9.17, 15) is 13.2 Å². The van der Waals surface area contributed by atoms with E-state index in [4.69, 9.17) is 0 Å². The SMILES string of the molecule is Cc1cc(S(C)(=O)=O)ccc1C(=O)Nc1nc(Nc2ccccc2)nc(-c2ccccn2)n1. The molecular formula is C23H20N6O3S. The summed E-state index contributed by atoms with van der Waals surface area (Å²) in [5.41, 5.74) is 2.09. The number of nitrogens with one attached hydrogen (secondary N) is 2. The topological polar surface area (TPSA) is 127 Å². The molecule has 4 rings (SSSR count). The maximum Gasteiger partial charge on any atom is 0.258 e. The van der Waals surface area contributed by atoms with Gasteiger partial charge in [-0.05, 0) is 55.0 Å². The molecule has 166 valence electrons. The first-order valence-corrected chi connectivity index (χ1v) is 11.8. The molecule has 0 saturated carbocycles. The largest absolute Gasteiger partial charge is 0.324 e. The fourth-order valence-electron chi connectivity index (χ4n) is 3.04. The van der Waals surface area contributed by atoms with Gasteiger partial charge in [-0.1, -0.05) is 24.3 Å². The number of nitrogens with zero attached hydrogens (tertiary/aromatic N) is 4. The molecule has 0 aliphatic rings. The van der Waals surface area contributed by atoms with Gasteiger partial charge in [-0.3, -0.25) is 15.1 Å². The van der Waals surface area contributed by atoms with Crippen molar-refractivity contribution < 1.29 is 13.2 Å². The summed E-state index contributed by atoms with van der Waals surface area (Å²) in [4.78, 5) is 30.4. The molecular weight excluding hydrogens is 440 g/mol. The third kappa shape index (κ3) is 5.36. The summed E-state index contributed by atoms with van der Waals surface area (Å²) in [6.45, 7) is 1.67. The van der Waals surface area contributed by atoms with Gasteiger partial charge in [0.25, 0.3) is 5.91 Å². The number of pyridine rings is 1. The van der Waals surface area contributed by atoms with Crippen LogP contribution in [0.25, 0.3) is 11.5 Å². The Balaban J connectivity index is 1.68. The lowest BCUT2D eigenvalue weighted by molar-refractivity contribution is 0.102. The summed E-state index contributed by atoms with van der Waals surface area (Å²) >= 11 is 0. The number of carbonyl (C=O) groups is 1. The molecule has 2 heterocycles. The van der Waals surface area contributed by atoms with Gasteiger partial charge in [-0.25, -0.2) is 8.42 Å². The number of benzene rings is 2. The van der Waals surface area contributed by atoms with Crippen molar-refractivity contribution in [2.24, 2.45) is 0 Å². The fraction of sp³-hybridized carbons (Fsp3) is 0.0870. The highest BCUT2D eigenvalue weighted by molar-refractivity contribution is 7.90. The maximum atomic E-state index is 12.9. The van der Waals surface area contributed by atoms with E-state index in [0.29, 0.717) is 16.8 Å². The van der Waals surface area contributed by atoms with Crippen molar-refractivity contribution in [1.29, 1.82) is 0 Å². The molecule has 0 bridgehead atoms. The summed E-state index contributed by atoms with van der Waals surface area (Å²) in [5.74, 6) is 0.0665. The van der Waals surface area contributed by atoms with Crippen LogP contribution in [0.5, 0.6) is 0 Å². The summed E-state index contributed by atoms with van der Waals surface area (Å²) in [6.07, 6.45) is 2.74. The van der Waals surface area contributed by atoms with E-state index in [1.54, 1.807) is 31.3 Å². The molecule has 0 spiro atoms. The second-order valence-corrected chi connectivity index (χ2v) is 9.23. The minimum atomic E-state index is -3.38. The number of aromatic nitrogens is 4. The smallest absolute Gasteiger partial charge is 0.258 e. The minimum Gasteiger partial charge on any atom is -0.324 e. The second-order valence-electron chi connectivity index (χ2n) is 7.22. The summed E-state index contributed by atoms with van der Waals surface area (Å²) in [5, 5.41) is 5.77. The van der Waals surface area contributed by atoms with Gasteiger partial charge in [0.05, 0.1) is 4.90 Å². The van der Waals surface area contributed by atoms with Crippen LogP contribution in [0.3, 0.4) is 0 Å². The average molecular weight is 461 g/mol. The molecule has 33 heavy (non-hydrogen) atoms. The molecule has 0 radical (unpaired) electrons. The molecule has 1 amide bonds. The molecule has 4 aromatic rings. The Labute approximate surface area is 190 Å². The van der Waals surface area contributed by atoms with Crippen LogP contribution in [0.1, 0.15) is 15.9 Å². The van der Waals surface area contributed by atoms with Crippen LogP contribution < -0.4 is 10.6 Å². The maximum absolute atomic E-state index is 12.9. The standard InChI is InChI=1S/C23H20N6O3S/c1-15-14-17(33(2,31)32)11-12-18(15)21(30)28-23-27-20(19-10-6-7-13-24-19)26-22(29-23)25-16-8-4-3-5-9-16/h3-14H,1-2H3,(H2,25,26,27,28,29,30). The molecule has 0 aliphatic carbocycles. The predicted molar refractivity (Wildman–Crippen MR) is 125 cm³/mol. The molecule has 2 N–H and O–H groups in total. The summed E-state index contributed by atoms with van der Waals surface area (Å²) in [7, 11) is -3.38. The van der Waals surface area contributed by atoms with E-state index in [1.165, 1.54) is 18.2 Å². The Morgan fingerprint density at radius 1 is 0.879 bits per heavy atom. The highest BCUT2D eigenvalue weighted by Gasteiger charge is 2.16. The molecule has 0 fully saturated rings. The van der Waals surface area contributed by atoms with Gasteiger partial charge in [0, 0.05) is 23.7 Å². The van der Waals surface area contributed by atoms with Crippen molar-refractivity contribution in [3.05, 3.63) is 84.1 Å². The van der Waals surface area contributed by atoms with Crippen LogP contribution in [-0.2, 0) is 9.84 Å². The molecule has 0 saturated heterocycles. The molecule has 2 aromatic carbocycles. The van der Waals surface area contributed by atoms with Gasteiger partial charge in [-0.2, -0.15) is 15.0 Å². The van der Waals surface area contributed by atoms with E-state index >= 15 is 0 Å². The molecule has 2 aromatic heterocycles. The second kappa shape index (κ2) is 9.13. The molecule has 9 nitrogen and oxygen atoms in total. The van der Waals surface area contributed by atoms with Crippen molar-refractivity contribution in [3.63, 3.8) is 0 Å². The number of hydrogen-bond donors (Lipinski definition) is 2. The van der Waals surface area contributed by atoms with Gasteiger partial charge in [0.15, 0.2) is 15.7 Å². The van der Waals surface area contributed by atoms with Crippen molar-refractivity contribution in [3.8, 4) is 11.5 Å². The predicted octanol–water partition coefficient (Wildman–Crippen LogP) is 3.64. The number of anilines is 3. The lowest BCUT2D eigenvalue weighted by Crippen LogP contribution is -2.17. The van der Waals surface area contributed by atoms with Crippen molar-refractivity contribution in [2.45, 2.75) is 11.8 Å². The van der Waals surface area contributed by atoms with Gasteiger partial charge >= 0.3 is 0 Å². The fourth-order valence-corrected chi connectivity index (χ4v) is 3.74. The Morgan fingerprint density at radius 2 is 1.61 bits per heavy atom. The van der Waals surface area contributed by atoms with E-state index in [0.717, 1.165) is 11.9 Å². The van der Waals surface area contributed by atoms with Gasteiger partial charge < -0.3 is 5.32 Å². The Morgan fingerprint density at radius 3 is 2.27 bits per heavy atom. The van der Waals surface area contributed by atoms with Crippen molar-refractivity contribution in [2.75, 3.05) is 16.9 Å². The Kier molecular flexibility index (Phi) is 6.09. The third-order valence-corrected chi connectivity index (χ3v) is 5.77. The van der Waals surface area contributed by atoms with Crippen LogP contribution in [0, 0.1) is 6.92 Å². The lowest BCUT2D eigenvalue weighted by Gasteiger charge is -2.11.